The van der Waals surface area contributed by atoms with Crippen molar-refractivity contribution in [2.75, 3.05) is 36.8 Å². The number of furan rings is 1. The van der Waals surface area contributed by atoms with Crippen LogP contribution in [-0.4, -0.2) is 56.6 Å². The van der Waals surface area contributed by atoms with Crippen LogP contribution >= 0.6 is 0 Å². The van der Waals surface area contributed by atoms with E-state index in [0.717, 1.165) is 56.0 Å². The molecule has 2 aliphatic rings. The smallest absolute Gasteiger partial charge is 0.225 e. The third-order valence-corrected chi connectivity index (χ3v) is 6.12. The van der Waals surface area contributed by atoms with Crippen molar-refractivity contribution in [1.29, 1.82) is 0 Å². The van der Waals surface area contributed by atoms with Crippen LogP contribution in [0.15, 0.2) is 53.1 Å². The normalized spacial score (nSPS) is 16.6. The first kappa shape index (κ1) is 18.9. The number of fused-ring (bicyclic) bond motifs is 1. The van der Waals surface area contributed by atoms with Gasteiger partial charge in [0, 0.05) is 49.4 Å². The predicted molar refractivity (Wildman–Crippen MR) is 120 cm³/mol. The van der Waals surface area contributed by atoms with Gasteiger partial charge in [0.25, 0.3) is 0 Å². The van der Waals surface area contributed by atoms with Crippen LogP contribution in [-0.2, 0) is 4.79 Å². The molecule has 2 fully saturated rings. The average Bonchev–Trinajstić information content (AvgIpc) is 3.34. The lowest BCUT2D eigenvalue weighted by molar-refractivity contribution is -0.132. The first-order valence-electron chi connectivity index (χ1n) is 10.9. The minimum Gasteiger partial charge on any atom is -0.461 e. The Kier molecular flexibility index (Phi) is 4.34. The number of rotatable bonds is 4. The van der Waals surface area contributed by atoms with Crippen molar-refractivity contribution < 1.29 is 9.21 Å². The van der Waals surface area contributed by atoms with Crippen molar-refractivity contribution in [2.24, 2.45) is 5.92 Å². The predicted octanol–water partition coefficient (Wildman–Crippen LogP) is 2.69. The van der Waals surface area contributed by atoms with Crippen LogP contribution in [0.1, 0.15) is 12.8 Å². The van der Waals surface area contributed by atoms with Gasteiger partial charge >= 0.3 is 0 Å². The number of nitrogens with zero attached hydrogens (tertiary/aromatic N) is 6. The van der Waals surface area contributed by atoms with Gasteiger partial charge < -0.3 is 20.0 Å². The summed E-state index contributed by atoms with van der Waals surface area (Å²) in [6.45, 7) is 3.19. The zero-order valence-electron chi connectivity index (χ0n) is 17.5. The lowest BCUT2D eigenvalue weighted by Crippen LogP contribution is -2.49. The zero-order valence-corrected chi connectivity index (χ0v) is 17.5. The van der Waals surface area contributed by atoms with Gasteiger partial charge in [0.1, 0.15) is 0 Å². The summed E-state index contributed by atoms with van der Waals surface area (Å²) < 4.78 is 6.91. The highest BCUT2D eigenvalue weighted by Gasteiger charge is 2.34. The van der Waals surface area contributed by atoms with Gasteiger partial charge in [-0.2, -0.15) is 4.52 Å². The molecular weight excluding hydrogens is 406 g/mol. The van der Waals surface area contributed by atoms with E-state index in [2.05, 4.69) is 32.1 Å². The fourth-order valence-corrected chi connectivity index (χ4v) is 4.21. The Labute approximate surface area is 184 Å². The Balaban J connectivity index is 1.26. The molecule has 162 valence electrons. The third kappa shape index (κ3) is 3.35. The first-order chi connectivity index (χ1) is 15.7. The molecule has 6 rings (SSSR count). The van der Waals surface area contributed by atoms with Crippen molar-refractivity contribution in [3.8, 4) is 22.8 Å². The van der Waals surface area contributed by atoms with Crippen molar-refractivity contribution in [3.63, 3.8) is 0 Å². The second-order valence-corrected chi connectivity index (χ2v) is 8.32. The fraction of sp³-hybridized carbons (Fsp3) is 0.304. The van der Waals surface area contributed by atoms with Gasteiger partial charge in [-0.25, -0.2) is 9.97 Å². The van der Waals surface area contributed by atoms with Crippen LogP contribution in [0.4, 0.5) is 11.6 Å². The summed E-state index contributed by atoms with van der Waals surface area (Å²) in [5.74, 6) is 1.92. The van der Waals surface area contributed by atoms with Crippen LogP contribution in [0.3, 0.4) is 0 Å². The minimum absolute atomic E-state index is 0.264. The Morgan fingerprint density at radius 2 is 1.88 bits per heavy atom. The number of benzene rings is 1. The number of amides is 1. The van der Waals surface area contributed by atoms with Gasteiger partial charge in [0.05, 0.1) is 12.0 Å². The molecule has 0 spiro atoms. The lowest BCUT2D eigenvalue weighted by Gasteiger charge is -2.36. The second kappa shape index (κ2) is 7.37. The Morgan fingerprint density at radius 1 is 1.03 bits per heavy atom. The summed E-state index contributed by atoms with van der Waals surface area (Å²) in [6.07, 6.45) is 3.69. The Bertz CT molecular complexity index is 1290. The topological polar surface area (TPSA) is 106 Å². The molecule has 0 bridgehead atoms. The maximum Gasteiger partial charge on any atom is 0.225 e. The van der Waals surface area contributed by atoms with Gasteiger partial charge in [0.15, 0.2) is 11.4 Å². The number of hydrogen-bond donors (Lipinski definition) is 1. The summed E-state index contributed by atoms with van der Waals surface area (Å²) in [7, 11) is 0. The van der Waals surface area contributed by atoms with Gasteiger partial charge in [-0.15, -0.1) is 5.10 Å². The van der Waals surface area contributed by atoms with Crippen molar-refractivity contribution >= 4 is 23.2 Å². The van der Waals surface area contributed by atoms with E-state index in [1.54, 1.807) is 18.4 Å². The van der Waals surface area contributed by atoms with E-state index in [0.29, 0.717) is 23.1 Å². The summed E-state index contributed by atoms with van der Waals surface area (Å²) in [4.78, 5) is 25.7. The number of aromatic nitrogens is 4. The highest BCUT2D eigenvalue weighted by atomic mass is 16.3. The van der Waals surface area contributed by atoms with E-state index in [-0.39, 0.29) is 11.9 Å². The Hall–Kier alpha value is -3.88. The number of nitrogen functional groups attached to an aromatic ring is 1. The van der Waals surface area contributed by atoms with Crippen LogP contribution < -0.4 is 10.6 Å². The van der Waals surface area contributed by atoms with Crippen LogP contribution in [0, 0.1) is 5.92 Å². The molecule has 32 heavy (non-hydrogen) atoms. The summed E-state index contributed by atoms with van der Waals surface area (Å²) >= 11 is 0. The van der Waals surface area contributed by atoms with E-state index < -0.39 is 0 Å². The minimum atomic E-state index is 0.264. The number of carbonyl (C=O) groups is 1. The van der Waals surface area contributed by atoms with Gasteiger partial charge in [-0.05, 0) is 37.1 Å². The molecule has 1 amide bonds. The van der Waals surface area contributed by atoms with Crippen LogP contribution in [0.25, 0.3) is 28.5 Å². The maximum absolute atomic E-state index is 12.3. The molecule has 3 aromatic heterocycles. The van der Waals surface area contributed by atoms with Crippen molar-refractivity contribution in [2.45, 2.75) is 12.8 Å². The number of nitrogens with two attached hydrogens (primary N) is 1. The molecule has 2 N–H and O–H groups in total. The van der Waals surface area contributed by atoms with E-state index in [9.17, 15) is 4.79 Å². The number of anilines is 2. The largest absolute Gasteiger partial charge is 0.461 e. The molecule has 1 saturated carbocycles. The summed E-state index contributed by atoms with van der Waals surface area (Å²) in [6, 6.07) is 13.7. The van der Waals surface area contributed by atoms with Gasteiger partial charge in [0.2, 0.25) is 17.7 Å². The lowest BCUT2D eigenvalue weighted by atomic mass is 10.1. The van der Waals surface area contributed by atoms with E-state index in [1.807, 2.05) is 23.1 Å². The van der Waals surface area contributed by atoms with Crippen LogP contribution in [0.5, 0.6) is 0 Å². The maximum atomic E-state index is 12.3. The van der Waals surface area contributed by atoms with E-state index in [4.69, 9.17) is 10.2 Å². The molecule has 1 aliphatic heterocycles. The molecule has 9 nitrogen and oxygen atoms in total. The second-order valence-electron chi connectivity index (χ2n) is 8.32. The fourth-order valence-electron chi connectivity index (χ4n) is 4.21. The molecule has 4 aromatic rings. The molecule has 9 heteroatoms. The summed E-state index contributed by atoms with van der Waals surface area (Å²) in [5.41, 5.74) is 9.59. The molecule has 0 atom stereocenters. The van der Waals surface area contributed by atoms with Crippen molar-refractivity contribution in [3.05, 3.63) is 48.7 Å². The van der Waals surface area contributed by atoms with E-state index in [1.165, 1.54) is 4.52 Å². The quantitative estimate of drug-likeness (QED) is 0.532. The number of piperazine rings is 1. The van der Waals surface area contributed by atoms with E-state index >= 15 is 0 Å². The standard InChI is InChI=1S/C23H23N7O2/c24-23-25-18(14-20-26-21(27-30(20)23)19-5-2-12-32-19)16-3-1-4-17(13-16)28-8-10-29(11-9-28)22(31)15-6-7-15/h1-5,12-15H,6-11H2,(H2,24,25). The van der Waals surface area contributed by atoms with Gasteiger partial charge in [-0.3, -0.25) is 4.79 Å². The Morgan fingerprint density at radius 3 is 2.62 bits per heavy atom. The number of carbonyl (C=O) groups excluding carboxylic acids is 1. The van der Waals surface area contributed by atoms with Gasteiger partial charge in [-0.1, -0.05) is 12.1 Å². The number of hydrogen-bond acceptors (Lipinski definition) is 7. The highest BCUT2D eigenvalue weighted by molar-refractivity contribution is 5.81. The molecule has 1 saturated heterocycles. The first-order valence-corrected chi connectivity index (χ1v) is 10.9. The zero-order chi connectivity index (χ0) is 21.7. The summed E-state index contributed by atoms with van der Waals surface area (Å²) in [5, 5.41) is 4.40. The molecule has 0 unspecified atom stereocenters. The van der Waals surface area contributed by atoms with Crippen molar-refractivity contribution in [1.82, 2.24) is 24.5 Å². The third-order valence-electron chi connectivity index (χ3n) is 6.12. The molecular formula is C23H23N7O2. The monoisotopic (exact) mass is 429 g/mol. The molecule has 1 aromatic carbocycles. The average molecular weight is 429 g/mol. The van der Waals surface area contributed by atoms with Crippen LogP contribution in [0.2, 0.25) is 0 Å². The molecule has 0 radical (unpaired) electrons. The SMILES string of the molecule is Nc1nc(-c2cccc(N3CCN(C(=O)C4CC4)CC3)c2)cc2nc(-c3ccco3)nn12. The molecule has 4 heterocycles. The molecule has 1 aliphatic carbocycles. The highest BCUT2D eigenvalue weighted by Crippen LogP contribution is 2.32.